The summed E-state index contributed by atoms with van der Waals surface area (Å²) in [7, 11) is 1.76. The van der Waals surface area contributed by atoms with Crippen molar-refractivity contribution in [2.24, 2.45) is 5.92 Å². The van der Waals surface area contributed by atoms with Gasteiger partial charge in [-0.15, -0.1) is 0 Å². The Hall–Kier alpha value is -0.0800. The Kier molecular flexibility index (Phi) is 7.51. The number of methoxy groups -OCH3 is 1. The van der Waals surface area contributed by atoms with Crippen LogP contribution < -0.4 is 5.32 Å². The first kappa shape index (κ1) is 11.9. The molecule has 0 aromatic carbocycles. The monoisotopic (exact) mass is 173 g/mol. The van der Waals surface area contributed by atoms with Gasteiger partial charge in [-0.1, -0.05) is 20.8 Å². The van der Waals surface area contributed by atoms with Gasteiger partial charge in [-0.3, -0.25) is 0 Å². The van der Waals surface area contributed by atoms with Gasteiger partial charge in [0.25, 0.3) is 0 Å². The van der Waals surface area contributed by atoms with Crippen molar-refractivity contribution in [2.75, 3.05) is 20.3 Å². The second-order valence-corrected chi connectivity index (χ2v) is 3.48. The molecular weight excluding hydrogens is 150 g/mol. The molecule has 1 N–H and O–H groups in total. The lowest BCUT2D eigenvalue weighted by Gasteiger charge is -2.17. The first-order valence-corrected chi connectivity index (χ1v) is 4.96. The van der Waals surface area contributed by atoms with E-state index in [0.29, 0.717) is 12.0 Å². The van der Waals surface area contributed by atoms with E-state index in [2.05, 4.69) is 26.1 Å². The summed E-state index contributed by atoms with van der Waals surface area (Å²) in [6, 6.07) is 0.685. The van der Waals surface area contributed by atoms with E-state index < -0.39 is 0 Å². The van der Waals surface area contributed by atoms with E-state index in [1.807, 2.05) is 0 Å². The lowest BCUT2D eigenvalue weighted by Crippen LogP contribution is -2.32. The molecule has 0 aromatic rings. The Morgan fingerprint density at radius 1 is 1.25 bits per heavy atom. The average Bonchev–Trinajstić information content (AvgIpc) is 2.07. The highest BCUT2D eigenvalue weighted by Crippen LogP contribution is 1.98. The minimum absolute atomic E-state index is 0.621. The number of ether oxygens (including phenoxy) is 1. The third-order valence-corrected chi connectivity index (χ3v) is 2.19. The molecule has 0 amide bonds. The van der Waals surface area contributed by atoms with Gasteiger partial charge in [0, 0.05) is 26.3 Å². The molecule has 2 heteroatoms. The standard InChI is InChI=1S/C10H23NO/c1-5-10(6-2)11-7-9(3)8-12-4/h9-11H,5-8H2,1-4H3. The first-order chi connectivity index (χ1) is 5.74. The van der Waals surface area contributed by atoms with Gasteiger partial charge in [-0.2, -0.15) is 0 Å². The van der Waals surface area contributed by atoms with E-state index in [-0.39, 0.29) is 0 Å². The fourth-order valence-electron chi connectivity index (χ4n) is 1.29. The molecule has 0 spiro atoms. The molecule has 12 heavy (non-hydrogen) atoms. The van der Waals surface area contributed by atoms with Gasteiger partial charge in [-0.25, -0.2) is 0 Å². The van der Waals surface area contributed by atoms with Crippen molar-refractivity contribution in [2.45, 2.75) is 39.7 Å². The smallest absolute Gasteiger partial charge is 0.0499 e. The maximum Gasteiger partial charge on any atom is 0.0499 e. The van der Waals surface area contributed by atoms with Crippen LogP contribution >= 0.6 is 0 Å². The summed E-state index contributed by atoms with van der Waals surface area (Å²) >= 11 is 0. The molecule has 0 bridgehead atoms. The third kappa shape index (κ3) is 5.56. The van der Waals surface area contributed by atoms with Crippen LogP contribution in [0, 0.1) is 5.92 Å². The summed E-state index contributed by atoms with van der Waals surface area (Å²) < 4.78 is 5.06. The van der Waals surface area contributed by atoms with Crippen LogP contribution in [-0.4, -0.2) is 26.3 Å². The number of hydrogen-bond acceptors (Lipinski definition) is 2. The Morgan fingerprint density at radius 2 is 1.83 bits per heavy atom. The molecule has 0 radical (unpaired) electrons. The zero-order valence-corrected chi connectivity index (χ0v) is 8.89. The Bertz CT molecular complexity index is 91.8. The Labute approximate surface area is 76.7 Å². The molecule has 74 valence electrons. The molecule has 0 aliphatic heterocycles. The van der Waals surface area contributed by atoms with Crippen molar-refractivity contribution in [1.82, 2.24) is 5.32 Å². The molecule has 0 fully saturated rings. The molecule has 1 unspecified atom stereocenters. The van der Waals surface area contributed by atoms with E-state index in [1.54, 1.807) is 7.11 Å². The maximum atomic E-state index is 5.06. The molecule has 0 heterocycles. The summed E-state index contributed by atoms with van der Waals surface area (Å²) in [5.41, 5.74) is 0. The van der Waals surface area contributed by atoms with Crippen LogP contribution in [0.5, 0.6) is 0 Å². The number of rotatable bonds is 7. The lowest BCUT2D eigenvalue weighted by atomic mass is 10.1. The van der Waals surface area contributed by atoms with Gasteiger partial charge in [0.1, 0.15) is 0 Å². The molecular formula is C10H23NO. The molecule has 0 aliphatic rings. The van der Waals surface area contributed by atoms with Gasteiger partial charge >= 0.3 is 0 Å². The van der Waals surface area contributed by atoms with Crippen molar-refractivity contribution >= 4 is 0 Å². The molecule has 0 saturated carbocycles. The van der Waals surface area contributed by atoms with Crippen LogP contribution in [0.4, 0.5) is 0 Å². The Morgan fingerprint density at radius 3 is 2.25 bits per heavy atom. The van der Waals surface area contributed by atoms with Crippen LogP contribution in [0.15, 0.2) is 0 Å². The van der Waals surface area contributed by atoms with Crippen LogP contribution in [-0.2, 0) is 4.74 Å². The third-order valence-electron chi connectivity index (χ3n) is 2.19. The van der Waals surface area contributed by atoms with E-state index in [1.165, 1.54) is 12.8 Å². The van der Waals surface area contributed by atoms with Crippen LogP contribution in [0.2, 0.25) is 0 Å². The SMILES string of the molecule is CCC(CC)NCC(C)COC. The van der Waals surface area contributed by atoms with Crippen LogP contribution in [0.3, 0.4) is 0 Å². The van der Waals surface area contributed by atoms with Crippen molar-refractivity contribution < 1.29 is 4.74 Å². The minimum atomic E-state index is 0.621. The van der Waals surface area contributed by atoms with Gasteiger partial charge in [-0.05, 0) is 18.8 Å². The molecule has 0 aromatic heterocycles. The highest BCUT2D eigenvalue weighted by Gasteiger charge is 2.05. The predicted octanol–water partition coefficient (Wildman–Crippen LogP) is 2.05. The highest BCUT2D eigenvalue weighted by atomic mass is 16.5. The minimum Gasteiger partial charge on any atom is -0.384 e. The molecule has 1 atom stereocenters. The van der Waals surface area contributed by atoms with E-state index in [0.717, 1.165) is 13.2 Å². The van der Waals surface area contributed by atoms with Crippen molar-refractivity contribution in [3.8, 4) is 0 Å². The first-order valence-electron chi connectivity index (χ1n) is 4.96. The summed E-state index contributed by atoms with van der Waals surface area (Å²) in [6.07, 6.45) is 2.44. The van der Waals surface area contributed by atoms with E-state index in [9.17, 15) is 0 Å². The zero-order valence-electron chi connectivity index (χ0n) is 8.89. The fraction of sp³-hybridized carbons (Fsp3) is 1.00. The zero-order chi connectivity index (χ0) is 9.40. The van der Waals surface area contributed by atoms with Crippen LogP contribution in [0.25, 0.3) is 0 Å². The summed E-state index contributed by atoms with van der Waals surface area (Å²) in [5.74, 6) is 0.621. The largest absolute Gasteiger partial charge is 0.384 e. The van der Waals surface area contributed by atoms with Crippen molar-refractivity contribution in [1.29, 1.82) is 0 Å². The Balaban J connectivity index is 3.37. The average molecular weight is 173 g/mol. The normalized spacial score (nSPS) is 13.8. The molecule has 0 rings (SSSR count). The van der Waals surface area contributed by atoms with Crippen molar-refractivity contribution in [3.63, 3.8) is 0 Å². The fourth-order valence-corrected chi connectivity index (χ4v) is 1.29. The number of nitrogens with one attached hydrogen (secondary N) is 1. The quantitative estimate of drug-likeness (QED) is 0.636. The second kappa shape index (κ2) is 7.56. The summed E-state index contributed by atoms with van der Waals surface area (Å²) in [5, 5.41) is 3.52. The van der Waals surface area contributed by atoms with Gasteiger partial charge < -0.3 is 10.1 Å². The summed E-state index contributed by atoms with van der Waals surface area (Å²) in [6.45, 7) is 8.58. The topological polar surface area (TPSA) is 21.3 Å². The van der Waals surface area contributed by atoms with E-state index in [4.69, 9.17) is 4.74 Å². The van der Waals surface area contributed by atoms with E-state index >= 15 is 0 Å². The van der Waals surface area contributed by atoms with Gasteiger partial charge in [0.2, 0.25) is 0 Å². The number of hydrogen-bond donors (Lipinski definition) is 1. The molecule has 0 aliphatic carbocycles. The molecule has 2 nitrogen and oxygen atoms in total. The highest BCUT2D eigenvalue weighted by molar-refractivity contribution is 4.64. The molecule has 0 saturated heterocycles. The lowest BCUT2D eigenvalue weighted by molar-refractivity contribution is 0.156. The maximum absolute atomic E-state index is 5.06. The van der Waals surface area contributed by atoms with Crippen molar-refractivity contribution in [3.05, 3.63) is 0 Å². The summed E-state index contributed by atoms with van der Waals surface area (Å²) in [4.78, 5) is 0. The van der Waals surface area contributed by atoms with Gasteiger partial charge in [0.05, 0.1) is 0 Å². The second-order valence-electron chi connectivity index (χ2n) is 3.48. The van der Waals surface area contributed by atoms with Gasteiger partial charge in [0.15, 0.2) is 0 Å². The van der Waals surface area contributed by atoms with Crippen LogP contribution in [0.1, 0.15) is 33.6 Å². The predicted molar refractivity (Wildman–Crippen MR) is 53.4 cm³/mol.